The first-order valence-corrected chi connectivity index (χ1v) is 10.2. The number of benzene rings is 2. The predicted octanol–water partition coefficient (Wildman–Crippen LogP) is 2.17. The van der Waals surface area contributed by atoms with Crippen molar-refractivity contribution in [2.45, 2.75) is 30.6 Å². The highest BCUT2D eigenvalue weighted by Gasteiger charge is 2.17. The molecule has 8 heteroatoms. The van der Waals surface area contributed by atoms with E-state index in [-0.39, 0.29) is 11.3 Å². The van der Waals surface area contributed by atoms with E-state index in [1.807, 2.05) is 35.2 Å². The second kappa shape index (κ2) is 10.7. The second-order valence-electron chi connectivity index (χ2n) is 5.87. The molecule has 0 amide bonds. The van der Waals surface area contributed by atoms with Gasteiger partial charge in [-0.2, -0.15) is 0 Å². The maximum Gasteiger partial charge on any atom is 0.326 e. The fraction of sp³-hybridized carbons (Fsp3) is 0.316. The van der Waals surface area contributed by atoms with Crippen LogP contribution in [-0.2, 0) is 26.1 Å². The fourth-order valence-corrected chi connectivity index (χ4v) is 3.09. The molecule has 0 aliphatic rings. The van der Waals surface area contributed by atoms with Crippen LogP contribution < -0.4 is 15.4 Å². The highest BCUT2D eigenvalue weighted by Crippen LogP contribution is 2.18. The summed E-state index contributed by atoms with van der Waals surface area (Å²) in [6, 6.07) is 15.4. The molecule has 0 saturated heterocycles. The molecule has 0 aliphatic carbocycles. The first-order chi connectivity index (χ1) is 13.0. The summed E-state index contributed by atoms with van der Waals surface area (Å²) in [6.07, 6.45) is 2.15. The SMILES string of the molecule is NCCCCOc1cccc(S(=O)(=O)NOC(=O)CCc2ccccc2)c1. The van der Waals surface area contributed by atoms with Gasteiger partial charge in [0.25, 0.3) is 10.0 Å². The molecule has 0 heterocycles. The molecule has 0 aliphatic heterocycles. The highest BCUT2D eigenvalue weighted by atomic mass is 32.2. The molecule has 0 bridgehead atoms. The third-order valence-corrected chi connectivity index (χ3v) is 4.89. The van der Waals surface area contributed by atoms with Gasteiger partial charge in [-0.1, -0.05) is 36.4 Å². The highest BCUT2D eigenvalue weighted by molar-refractivity contribution is 7.89. The minimum absolute atomic E-state index is 0.0466. The van der Waals surface area contributed by atoms with Crippen molar-refractivity contribution in [1.82, 2.24) is 4.89 Å². The lowest BCUT2D eigenvalue weighted by Crippen LogP contribution is -2.27. The largest absolute Gasteiger partial charge is 0.494 e. The van der Waals surface area contributed by atoms with Gasteiger partial charge in [-0.3, -0.25) is 4.79 Å². The number of hydrogen-bond acceptors (Lipinski definition) is 6. The van der Waals surface area contributed by atoms with Crippen LogP contribution in [0.15, 0.2) is 59.5 Å². The Kier molecular flexibility index (Phi) is 8.25. The maximum absolute atomic E-state index is 12.3. The van der Waals surface area contributed by atoms with E-state index in [4.69, 9.17) is 15.3 Å². The zero-order valence-electron chi connectivity index (χ0n) is 15.0. The van der Waals surface area contributed by atoms with E-state index in [9.17, 15) is 13.2 Å². The van der Waals surface area contributed by atoms with Crippen molar-refractivity contribution in [2.75, 3.05) is 13.2 Å². The summed E-state index contributed by atoms with van der Waals surface area (Å²) in [5.41, 5.74) is 6.39. The topological polar surface area (TPSA) is 108 Å². The second-order valence-corrected chi connectivity index (χ2v) is 7.51. The van der Waals surface area contributed by atoms with E-state index >= 15 is 0 Å². The van der Waals surface area contributed by atoms with Crippen LogP contribution in [0.2, 0.25) is 0 Å². The lowest BCUT2D eigenvalue weighted by atomic mass is 10.1. The van der Waals surface area contributed by atoms with Gasteiger partial charge in [-0.05, 0) is 48.4 Å². The Morgan fingerprint density at radius 3 is 2.56 bits per heavy atom. The number of nitrogens with two attached hydrogens (primary N) is 1. The molecule has 0 spiro atoms. The number of sulfonamides is 1. The summed E-state index contributed by atoms with van der Waals surface area (Å²) in [5.74, 6) is -0.234. The molecule has 0 saturated carbocycles. The van der Waals surface area contributed by atoms with Gasteiger partial charge in [-0.25, -0.2) is 8.42 Å². The molecule has 27 heavy (non-hydrogen) atoms. The number of aryl methyl sites for hydroxylation is 1. The van der Waals surface area contributed by atoms with Gasteiger partial charge in [0, 0.05) is 6.07 Å². The number of carbonyl (C=O) groups is 1. The smallest absolute Gasteiger partial charge is 0.326 e. The summed E-state index contributed by atoms with van der Waals surface area (Å²) in [5, 5.41) is 0. The minimum Gasteiger partial charge on any atom is -0.494 e. The van der Waals surface area contributed by atoms with Crippen LogP contribution in [0.4, 0.5) is 0 Å². The Bertz CT molecular complexity index is 825. The third-order valence-electron chi connectivity index (χ3n) is 3.71. The van der Waals surface area contributed by atoms with E-state index in [0.717, 1.165) is 18.4 Å². The molecular weight excluding hydrogens is 368 g/mol. The Labute approximate surface area is 159 Å². The molecule has 146 valence electrons. The maximum atomic E-state index is 12.3. The Hall–Kier alpha value is -2.42. The molecule has 0 aromatic heterocycles. The van der Waals surface area contributed by atoms with Crippen molar-refractivity contribution in [3.8, 4) is 5.75 Å². The zero-order valence-corrected chi connectivity index (χ0v) is 15.8. The van der Waals surface area contributed by atoms with Gasteiger partial charge < -0.3 is 15.3 Å². The Morgan fingerprint density at radius 2 is 1.81 bits per heavy atom. The average Bonchev–Trinajstić information content (AvgIpc) is 2.69. The zero-order chi connectivity index (χ0) is 19.5. The molecule has 2 aromatic rings. The van der Waals surface area contributed by atoms with Crippen molar-refractivity contribution < 1.29 is 22.8 Å². The van der Waals surface area contributed by atoms with Crippen LogP contribution in [0, 0.1) is 0 Å². The molecule has 7 nitrogen and oxygen atoms in total. The summed E-state index contributed by atoms with van der Waals surface area (Å²) < 4.78 is 30.1. The summed E-state index contributed by atoms with van der Waals surface area (Å²) >= 11 is 0. The Morgan fingerprint density at radius 1 is 1.04 bits per heavy atom. The van der Waals surface area contributed by atoms with Crippen LogP contribution >= 0.6 is 0 Å². The van der Waals surface area contributed by atoms with E-state index < -0.39 is 16.0 Å². The first-order valence-electron chi connectivity index (χ1n) is 8.69. The van der Waals surface area contributed by atoms with Crippen LogP contribution in [0.5, 0.6) is 5.75 Å². The summed E-state index contributed by atoms with van der Waals surface area (Å²) in [7, 11) is -3.99. The molecule has 0 radical (unpaired) electrons. The van der Waals surface area contributed by atoms with E-state index in [1.165, 1.54) is 12.1 Å². The summed E-state index contributed by atoms with van der Waals surface area (Å²) in [4.78, 5) is 18.3. The van der Waals surface area contributed by atoms with E-state index in [0.29, 0.717) is 25.3 Å². The minimum atomic E-state index is -3.99. The number of ether oxygens (including phenoxy) is 1. The standard InChI is InChI=1S/C19H24N2O5S/c20-13-4-5-14-25-17-9-6-10-18(15-17)27(23,24)21-26-19(22)12-11-16-7-2-1-3-8-16/h1-3,6-10,15,21H,4-5,11-14,20H2. The number of nitrogens with one attached hydrogen (secondary N) is 1. The van der Waals surface area contributed by atoms with Crippen molar-refractivity contribution in [2.24, 2.45) is 5.73 Å². The van der Waals surface area contributed by atoms with Crippen molar-refractivity contribution in [3.05, 3.63) is 60.2 Å². The number of rotatable bonds is 11. The molecule has 0 fully saturated rings. The molecule has 2 aromatic carbocycles. The van der Waals surface area contributed by atoms with Gasteiger partial charge in [-0.15, -0.1) is 0 Å². The lowest BCUT2D eigenvalue weighted by molar-refractivity contribution is -0.147. The van der Waals surface area contributed by atoms with E-state index in [2.05, 4.69) is 0 Å². The first kappa shape index (κ1) is 20.9. The number of hydrogen-bond donors (Lipinski definition) is 2. The quantitative estimate of drug-likeness (QED) is 0.448. The predicted molar refractivity (Wildman–Crippen MR) is 101 cm³/mol. The average molecular weight is 392 g/mol. The third kappa shape index (κ3) is 7.38. The Balaban J connectivity index is 1.85. The number of carbonyl (C=O) groups excluding carboxylic acids is 1. The van der Waals surface area contributed by atoms with Gasteiger partial charge in [0.05, 0.1) is 17.9 Å². The monoisotopic (exact) mass is 392 g/mol. The van der Waals surface area contributed by atoms with Gasteiger partial charge >= 0.3 is 5.97 Å². The molecule has 2 rings (SSSR count). The van der Waals surface area contributed by atoms with Crippen LogP contribution in [0.1, 0.15) is 24.8 Å². The van der Waals surface area contributed by atoms with Gasteiger partial charge in [0.1, 0.15) is 5.75 Å². The molecule has 0 unspecified atom stereocenters. The van der Waals surface area contributed by atoms with Crippen molar-refractivity contribution in [1.29, 1.82) is 0 Å². The van der Waals surface area contributed by atoms with E-state index in [1.54, 1.807) is 12.1 Å². The fourth-order valence-electron chi connectivity index (χ4n) is 2.26. The number of unbranched alkanes of at least 4 members (excludes halogenated alkanes) is 1. The lowest BCUT2D eigenvalue weighted by Gasteiger charge is -2.10. The van der Waals surface area contributed by atoms with Gasteiger partial charge in [0.15, 0.2) is 0 Å². The molecule has 0 atom stereocenters. The molecular formula is C19H24N2O5S. The molecule has 3 N–H and O–H groups in total. The van der Waals surface area contributed by atoms with Gasteiger partial charge in [0.2, 0.25) is 0 Å². The van der Waals surface area contributed by atoms with Crippen LogP contribution in [0.25, 0.3) is 0 Å². The summed E-state index contributed by atoms with van der Waals surface area (Å²) in [6.45, 7) is 1.03. The van der Waals surface area contributed by atoms with Crippen LogP contribution in [-0.4, -0.2) is 27.5 Å². The normalized spacial score (nSPS) is 11.1. The van der Waals surface area contributed by atoms with Crippen LogP contribution in [0.3, 0.4) is 0 Å². The van der Waals surface area contributed by atoms with Crippen molar-refractivity contribution in [3.63, 3.8) is 0 Å². The van der Waals surface area contributed by atoms with Crippen molar-refractivity contribution >= 4 is 16.0 Å².